The lowest BCUT2D eigenvalue weighted by atomic mass is 9.75. The molecule has 1 N–H and O–H groups in total. The number of rotatable bonds is 4. The molecular formula is C36H37N2S2+. The molecule has 2 aliphatic heterocycles. The second kappa shape index (κ2) is 10.2. The number of anilines is 1. The van der Waals surface area contributed by atoms with Gasteiger partial charge in [-0.2, -0.15) is 0 Å². The lowest BCUT2D eigenvalue weighted by Crippen LogP contribution is -3.08. The highest BCUT2D eigenvalue weighted by Crippen LogP contribution is 2.48. The van der Waals surface area contributed by atoms with Crippen LogP contribution in [0.3, 0.4) is 0 Å². The summed E-state index contributed by atoms with van der Waals surface area (Å²) in [7, 11) is 0. The van der Waals surface area contributed by atoms with Crippen molar-refractivity contribution < 1.29 is 4.90 Å². The van der Waals surface area contributed by atoms with E-state index in [1.807, 2.05) is 23.5 Å². The summed E-state index contributed by atoms with van der Waals surface area (Å²) < 4.78 is 0. The van der Waals surface area contributed by atoms with Crippen LogP contribution in [0.5, 0.6) is 0 Å². The van der Waals surface area contributed by atoms with Gasteiger partial charge in [0.05, 0.1) is 22.2 Å². The average molecular weight is 562 g/mol. The van der Waals surface area contributed by atoms with Gasteiger partial charge in [0, 0.05) is 16.8 Å². The molecule has 0 saturated carbocycles. The summed E-state index contributed by atoms with van der Waals surface area (Å²) in [4.78, 5) is 6.84. The van der Waals surface area contributed by atoms with E-state index in [1.165, 1.54) is 58.9 Å². The van der Waals surface area contributed by atoms with Crippen molar-refractivity contribution in [1.29, 1.82) is 0 Å². The Morgan fingerprint density at radius 3 is 2.52 bits per heavy atom. The third-order valence-electron chi connectivity index (χ3n) is 8.55. The molecule has 4 aromatic carbocycles. The number of allylic oxidation sites excluding steroid dienone is 4. The van der Waals surface area contributed by atoms with Gasteiger partial charge < -0.3 is 4.90 Å². The highest BCUT2D eigenvalue weighted by molar-refractivity contribution is 8.03. The monoisotopic (exact) mass is 561 g/mol. The van der Waals surface area contributed by atoms with Crippen LogP contribution in [0.4, 0.5) is 11.4 Å². The van der Waals surface area contributed by atoms with Crippen molar-refractivity contribution in [3.63, 3.8) is 0 Å². The van der Waals surface area contributed by atoms with E-state index < -0.39 is 0 Å². The van der Waals surface area contributed by atoms with Crippen molar-refractivity contribution >= 4 is 56.4 Å². The summed E-state index contributed by atoms with van der Waals surface area (Å²) in [5, 5.41) is 7.20. The minimum Gasteiger partial charge on any atom is -0.335 e. The third kappa shape index (κ3) is 4.51. The summed E-state index contributed by atoms with van der Waals surface area (Å²) in [6.45, 7) is 11.5. The zero-order valence-electron chi connectivity index (χ0n) is 23.8. The molecule has 0 bridgehead atoms. The fourth-order valence-electron chi connectivity index (χ4n) is 6.91. The number of para-hydroxylation sites is 1. The van der Waals surface area contributed by atoms with Crippen LogP contribution < -0.4 is 9.80 Å². The van der Waals surface area contributed by atoms with Gasteiger partial charge in [0.1, 0.15) is 0 Å². The van der Waals surface area contributed by atoms with Crippen LogP contribution in [0.15, 0.2) is 117 Å². The first kappa shape index (κ1) is 26.0. The predicted molar refractivity (Wildman–Crippen MR) is 175 cm³/mol. The number of nitrogens with zero attached hydrogens (tertiary/aromatic N) is 1. The van der Waals surface area contributed by atoms with Crippen LogP contribution in [0.2, 0.25) is 0 Å². The second-order valence-electron chi connectivity index (χ2n) is 12.0. The van der Waals surface area contributed by atoms with Gasteiger partial charge in [0.25, 0.3) is 0 Å². The summed E-state index contributed by atoms with van der Waals surface area (Å²) in [6.07, 6.45) is 9.78. The average Bonchev–Trinajstić information content (AvgIpc) is 3.48. The number of hydrogen-bond acceptors (Lipinski definition) is 3. The third-order valence-corrected chi connectivity index (χ3v) is 10.9. The first-order valence-electron chi connectivity index (χ1n) is 14.6. The SMILES string of the molecule is CCN1/C(=C/C2=CC(=C/C3Sc4ccc5c(ccc6ccccc65)c4[NH+]3CC)/CC(C)(C)C2)Sc2ccccc21. The Hall–Kier alpha value is -2.92. The standard InChI is InChI=1S/C36H36N2S2/c1-5-37-30-13-9-10-14-31(30)39-33(37)20-24-19-25(23-36(3,4)22-24)21-34-38(6-2)35-29-16-15-26-11-7-8-12-27(26)28(29)17-18-32(35)40-34/h7-21,34H,5-6,22-23H2,1-4H3/p+1/b25-21-,33-20-. The minimum atomic E-state index is 0.244. The van der Waals surface area contributed by atoms with Crippen LogP contribution in [-0.4, -0.2) is 18.5 Å². The van der Waals surface area contributed by atoms with Crippen molar-refractivity contribution in [2.45, 2.75) is 55.7 Å². The molecular weight excluding hydrogens is 525 g/mol. The highest BCUT2D eigenvalue weighted by atomic mass is 32.2. The van der Waals surface area contributed by atoms with Gasteiger partial charge >= 0.3 is 0 Å². The molecule has 4 heteroatoms. The van der Waals surface area contributed by atoms with Gasteiger partial charge in [-0.3, -0.25) is 4.90 Å². The summed E-state index contributed by atoms with van der Waals surface area (Å²) in [5.74, 6) is 0. The van der Waals surface area contributed by atoms with E-state index in [2.05, 4.69) is 124 Å². The predicted octanol–water partition coefficient (Wildman–Crippen LogP) is 9.11. The molecule has 3 aliphatic rings. The fourth-order valence-corrected chi connectivity index (χ4v) is 9.56. The lowest BCUT2D eigenvalue weighted by Gasteiger charge is -2.31. The zero-order chi connectivity index (χ0) is 27.4. The molecule has 0 spiro atoms. The van der Waals surface area contributed by atoms with E-state index in [0.717, 1.165) is 25.9 Å². The molecule has 0 fully saturated rings. The van der Waals surface area contributed by atoms with E-state index in [1.54, 1.807) is 4.90 Å². The molecule has 40 heavy (non-hydrogen) atoms. The van der Waals surface area contributed by atoms with Crippen LogP contribution >= 0.6 is 23.5 Å². The van der Waals surface area contributed by atoms with E-state index in [9.17, 15) is 0 Å². The van der Waals surface area contributed by atoms with Gasteiger partial charge in [-0.15, -0.1) is 0 Å². The Labute approximate surface area is 246 Å². The van der Waals surface area contributed by atoms with Crippen molar-refractivity contribution in [3.05, 3.63) is 107 Å². The topological polar surface area (TPSA) is 7.68 Å². The summed E-state index contributed by atoms with van der Waals surface area (Å²) >= 11 is 3.95. The molecule has 1 aliphatic carbocycles. The zero-order valence-corrected chi connectivity index (χ0v) is 25.5. The number of quaternary nitrogens is 1. The van der Waals surface area contributed by atoms with Crippen LogP contribution in [0.1, 0.15) is 40.5 Å². The minimum absolute atomic E-state index is 0.244. The molecule has 2 heterocycles. The molecule has 4 aromatic rings. The highest BCUT2D eigenvalue weighted by Gasteiger charge is 2.36. The Bertz CT molecular complexity index is 1730. The van der Waals surface area contributed by atoms with Crippen LogP contribution in [0.25, 0.3) is 21.5 Å². The van der Waals surface area contributed by atoms with Gasteiger partial charge in [-0.25, -0.2) is 0 Å². The number of likely N-dealkylation sites (N-methyl/N-ethyl adjacent to an activating group) is 1. The Morgan fingerprint density at radius 2 is 1.68 bits per heavy atom. The molecule has 2 nitrogen and oxygen atoms in total. The molecule has 0 saturated heterocycles. The maximum atomic E-state index is 2.59. The van der Waals surface area contributed by atoms with Crippen molar-refractivity contribution in [2.24, 2.45) is 5.41 Å². The normalized spacial score (nSPS) is 23.7. The Kier molecular flexibility index (Phi) is 6.61. The molecule has 2 unspecified atom stereocenters. The maximum Gasteiger partial charge on any atom is 0.163 e. The van der Waals surface area contributed by atoms with E-state index >= 15 is 0 Å². The molecule has 0 amide bonds. The molecule has 0 radical (unpaired) electrons. The number of thioether (sulfide) groups is 2. The molecule has 7 rings (SSSR count). The molecule has 202 valence electrons. The van der Waals surface area contributed by atoms with E-state index in [4.69, 9.17) is 0 Å². The van der Waals surface area contributed by atoms with Crippen LogP contribution in [0, 0.1) is 5.41 Å². The van der Waals surface area contributed by atoms with Gasteiger partial charge in [-0.1, -0.05) is 92.0 Å². The summed E-state index contributed by atoms with van der Waals surface area (Å²) in [5.41, 5.74) is 6.01. The maximum absolute atomic E-state index is 2.59. The van der Waals surface area contributed by atoms with Gasteiger partial charge in [-0.05, 0) is 95.8 Å². The quantitative estimate of drug-likeness (QED) is 0.249. The number of fused-ring (bicyclic) bond motifs is 6. The number of hydrogen-bond donors (Lipinski definition) is 1. The fraction of sp³-hybridized carbons (Fsp3) is 0.278. The molecule has 2 atom stereocenters. The first-order chi connectivity index (χ1) is 19.4. The first-order valence-corrected chi connectivity index (χ1v) is 16.3. The smallest absolute Gasteiger partial charge is 0.163 e. The second-order valence-corrected chi connectivity index (χ2v) is 14.3. The van der Waals surface area contributed by atoms with Crippen LogP contribution in [-0.2, 0) is 0 Å². The van der Waals surface area contributed by atoms with Gasteiger partial charge in [0.15, 0.2) is 11.1 Å². The summed E-state index contributed by atoms with van der Waals surface area (Å²) in [6, 6.07) is 27.0. The van der Waals surface area contributed by atoms with Crippen molar-refractivity contribution in [3.8, 4) is 0 Å². The number of nitrogens with one attached hydrogen (secondary N) is 1. The van der Waals surface area contributed by atoms with E-state index in [-0.39, 0.29) is 5.41 Å². The van der Waals surface area contributed by atoms with Gasteiger partial charge in [0.2, 0.25) is 0 Å². The lowest BCUT2D eigenvalue weighted by molar-refractivity contribution is -0.831. The van der Waals surface area contributed by atoms with Crippen molar-refractivity contribution in [1.82, 2.24) is 0 Å². The van der Waals surface area contributed by atoms with E-state index in [0.29, 0.717) is 5.37 Å². The largest absolute Gasteiger partial charge is 0.335 e. The Balaban J connectivity index is 1.25. The van der Waals surface area contributed by atoms with Crippen molar-refractivity contribution in [2.75, 3.05) is 18.0 Å². The number of benzene rings is 4. The molecule has 0 aromatic heterocycles. The Morgan fingerprint density at radius 1 is 0.875 bits per heavy atom.